The van der Waals surface area contributed by atoms with Crippen molar-refractivity contribution < 1.29 is 0 Å². The Morgan fingerprint density at radius 2 is 1.55 bits per heavy atom. The van der Waals surface area contributed by atoms with Gasteiger partial charge in [-0.2, -0.15) is 3.69 Å². The third kappa shape index (κ3) is 3.94. The maximum absolute atomic E-state index is 2.46. The molecule has 1 aromatic carbocycles. The van der Waals surface area contributed by atoms with Crippen LogP contribution in [0.15, 0.2) is 30.3 Å². The van der Waals surface area contributed by atoms with Gasteiger partial charge in [0.2, 0.25) is 0 Å². The van der Waals surface area contributed by atoms with E-state index >= 15 is 0 Å². The lowest BCUT2D eigenvalue weighted by Gasteiger charge is -2.13. The van der Waals surface area contributed by atoms with Gasteiger partial charge in [-0.3, -0.25) is 0 Å². The average molecular weight is 175 g/mol. The van der Waals surface area contributed by atoms with Gasteiger partial charge >= 0.3 is 19.6 Å². The summed E-state index contributed by atoms with van der Waals surface area (Å²) in [6.07, 6.45) is 0. The van der Waals surface area contributed by atoms with Crippen LogP contribution >= 0.6 is 0 Å². The first-order valence-corrected chi connectivity index (χ1v) is 10.7. The molecule has 0 fully saturated rings. The number of hydrogen-bond donors (Lipinski definition) is 0. The molecule has 0 aliphatic heterocycles. The minimum absolute atomic E-state index is 0.0658. The highest BCUT2D eigenvalue weighted by Gasteiger charge is 2.16. The van der Waals surface area contributed by atoms with E-state index in [4.69, 9.17) is 0 Å². The van der Waals surface area contributed by atoms with Crippen molar-refractivity contribution in [3.05, 3.63) is 30.3 Å². The van der Waals surface area contributed by atoms with E-state index in [1.807, 2.05) is 0 Å². The Kier molecular flexibility index (Phi) is 3.16. The second-order valence-electron chi connectivity index (χ2n) is 4.22. The minimum Gasteiger partial charge on any atom is -0.177 e. The lowest BCUT2D eigenvalue weighted by atomic mass is 10.4. The van der Waals surface area contributed by atoms with Crippen LogP contribution in [0.5, 0.6) is 0 Å². The van der Waals surface area contributed by atoms with Crippen molar-refractivity contribution in [1.82, 2.24) is 0 Å². The summed E-state index contributed by atoms with van der Waals surface area (Å²) in [5, 5.41) is 0. The van der Waals surface area contributed by atoms with Crippen LogP contribution in [-0.2, 0) is 0 Å². The Morgan fingerprint density at radius 3 is 2.00 bits per heavy atom. The van der Waals surface area contributed by atoms with Crippen molar-refractivity contribution >= 4 is 29.0 Å². The maximum atomic E-state index is 2.46. The normalized spacial score (nSPS) is 10.8. The second kappa shape index (κ2) is 3.74. The molecular weight excluding hydrogens is 160 g/mol. The summed E-state index contributed by atoms with van der Waals surface area (Å²) in [5.41, 5.74) is -0.759. The molecule has 0 aromatic heterocycles. The Hall–Kier alpha value is 0.203. The van der Waals surface area contributed by atoms with Crippen LogP contribution in [0.4, 0.5) is 0 Å². The van der Waals surface area contributed by atoms with Crippen molar-refractivity contribution in [1.29, 1.82) is 0 Å². The van der Waals surface area contributed by atoms with E-state index in [0.29, 0.717) is 0 Å². The Bertz CT molecular complexity index is 213. The van der Waals surface area contributed by atoms with E-state index in [1.54, 1.807) is 3.69 Å². The molecule has 0 N–H and O–H groups in total. The molecule has 0 saturated heterocycles. The summed E-state index contributed by atoms with van der Waals surface area (Å²) < 4.78 is 1.63. The fourth-order valence-corrected chi connectivity index (χ4v) is 7.32. The van der Waals surface area contributed by atoms with Crippen molar-refractivity contribution in [3.8, 4) is 0 Å². The van der Waals surface area contributed by atoms with E-state index in [2.05, 4.69) is 50.0 Å². The summed E-state index contributed by atoms with van der Waals surface area (Å²) in [6, 6.07) is 11.0. The van der Waals surface area contributed by atoms with E-state index in [1.165, 1.54) is 0 Å². The van der Waals surface area contributed by atoms with Gasteiger partial charge in [-0.25, -0.2) is 0 Å². The average Bonchev–Trinajstić information content (AvgIpc) is 1.85. The summed E-state index contributed by atoms with van der Waals surface area (Å²) in [7, 11) is 0. The van der Waals surface area contributed by atoms with Crippen molar-refractivity contribution in [2.24, 2.45) is 0 Å². The van der Waals surface area contributed by atoms with Gasteiger partial charge in [0.15, 0.2) is 0 Å². The molecule has 0 heterocycles. The van der Waals surface area contributed by atoms with Crippen LogP contribution in [0.2, 0.25) is 19.6 Å². The maximum Gasteiger partial charge on any atom is 0.407 e. The molecule has 0 aliphatic carbocycles. The fraction of sp³-hybridized carbons (Fsp3) is 0.333. The quantitative estimate of drug-likeness (QED) is 0.601. The zero-order valence-electron chi connectivity index (χ0n) is 7.59. The van der Waals surface area contributed by atoms with E-state index in [0.717, 1.165) is 0 Å². The van der Waals surface area contributed by atoms with E-state index in [-0.39, 0.29) is 19.6 Å². The Morgan fingerprint density at radius 1 is 1.00 bits per heavy atom. The van der Waals surface area contributed by atoms with Crippen LogP contribution in [0.25, 0.3) is 0 Å². The molecule has 56 valence electrons. The molecule has 2 heteroatoms. The van der Waals surface area contributed by atoms with Gasteiger partial charge in [-0.1, -0.05) is 55.7 Å². The van der Waals surface area contributed by atoms with Gasteiger partial charge in [0, 0.05) is 0 Å². The molecule has 0 aliphatic rings. The Balaban J connectivity index is 2.66. The molecule has 11 heavy (non-hydrogen) atoms. The number of hydrogen-bond acceptors (Lipinski definition) is 0. The molecule has 0 spiro atoms. The summed E-state index contributed by atoms with van der Waals surface area (Å²) in [4.78, 5) is 0. The molecule has 1 aromatic rings. The van der Waals surface area contributed by atoms with Crippen LogP contribution in [0, 0.1) is 0 Å². The fourth-order valence-electron chi connectivity index (χ4n) is 1.21. The second-order valence-corrected chi connectivity index (χ2v) is 17.9. The predicted molar refractivity (Wildman–Crippen MR) is 55.2 cm³/mol. The van der Waals surface area contributed by atoms with Gasteiger partial charge < -0.3 is 0 Å². The monoisotopic (exact) mass is 174 g/mol. The van der Waals surface area contributed by atoms with Crippen molar-refractivity contribution in [2.75, 3.05) is 0 Å². The van der Waals surface area contributed by atoms with Gasteiger partial charge in [0.05, 0.1) is 0 Å². The molecule has 0 amide bonds. The lowest BCUT2D eigenvalue weighted by molar-refractivity contribution is 1.76. The zero-order valence-corrected chi connectivity index (χ0v) is 10.0. The van der Waals surface area contributed by atoms with Crippen LogP contribution < -0.4 is 3.69 Å². The van der Waals surface area contributed by atoms with Gasteiger partial charge in [-0.15, -0.1) is 0 Å². The molecule has 0 saturated carbocycles. The SMILES string of the molecule is C[Si](C)(C)[Mg][c]1ccccc1. The first-order chi connectivity index (χ1) is 5.08. The predicted octanol–water partition coefficient (Wildman–Crippen LogP) is 1.85. The van der Waals surface area contributed by atoms with Gasteiger partial charge in [0.1, 0.15) is 0 Å². The van der Waals surface area contributed by atoms with Crippen LogP contribution in [0.1, 0.15) is 0 Å². The van der Waals surface area contributed by atoms with Gasteiger partial charge in [0.25, 0.3) is 0 Å². The largest absolute Gasteiger partial charge is 0.407 e. The van der Waals surface area contributed by atoms with Crippen LogP contribution in [0.3, 0.4) is 0 Å². The topological polar surface area (TPSA) is 0 Å². The molecule has 0 bridgehead atoms. The van der Waals surface area contributed by atoms with Gasteiger partial charge in [-0.05, 0) is 0 Å². The standard InChI is InChI=1S/C6H5.C3H9Si.Mg/c1-2-4-6-5-3-1;1-4(2)3;/h1-5H;1-3H3;. The summed E-state index contributed by atoms with van der Waals surface area (Å²) >= 11 is 0.0658. The highest BCUT2D eigenvalue weighted by Crippen LogP contribution is 1.97. The zero-order chi connectivity index (χ0) is 8.32. The third-order valence-electron chi connectivity index (χ3n) is 1.58. The Labute approximate surface area is 78.9 Å². The third-order valence-corrected chi connectivity index (χ3v) is 7.92. The first kappa shape index (κ1) is 9.29. The highest BCUT2D eigenvalue weighted by atomic mass is 28.5. The van der Waals surface area contributed by atoms with E-state index < -0.39 is 5.72 Å². The first-order valence-electron chi connectivity index (χ1n) is 4.12. The smallest absolute Gasteiger partial charge is 0.177 e. The van der Waals surface area contributed by atoms with Crippen LogP contribution in [-0.4, -0.2) is 25.3 Å². The van der Waals surface area contributed by atoms with Crippen molar-refractivity contribution in [3.63, 3.8) is 0 Å². The highest BCUT2D eigenvalue weighted by molar-refractivity contribution is 7.27. The molecule has 0 nitrogen and oxygen atoms in total. The summed E-state index contributed by atoms with van der Waals surface area (Å²) in [5.74, 6) is 0. The molecule has 0 unspecified atom stereocenters. The molecule has 1 rings (SSSR count). The van der Waals surface area contributed by atoms with Crippen molar-refractivity contribution in [2.45, 2.75) is 19.6 Å². The summed E-state index contributed by atoms with van der Waals surface area (Å²) in [6.45, 7) is 7.39. The minimum atomic E-state index is -0.759. The molecule has 0 atom stereocenters. The lowest BCUT2D eigenvalue weighted by Crippen LogP contribution is -2.38. The number of benzene rings is 1. The molecular formula is C9H14MgSi. The van der Waals surface area contributed by atoms with E-state index in [9.17, 15) is 0 Å². The molecule has 0 radical (unpaired) electrons. The number of rotatable bonds is 2.